The molecule has 2 aliphatic rings. The maximum Gasteiger partial charge on any atom is 0.0613 e. The van der Waals surface area contributed by atoms with Crippen LogP contribution in [0.4, 0.5) is 0 Å². The van der Waals surface area contributed by atoms with Crippen LogP contribution in [0.2, 0.25) is 0 Å². The van der Waals surface area contributed by atoms with Crippen molar-refractivity contribution >= 4 is 15.9 Å². The van der Waals surface area contributed by atoms with Crippen LogP contribution < -0.4 is 5.32 Å². The van der Waals surface area contributed by atoms with Crippen LogP contribution in [0.25, 0.3) is 0 Å². The second kappa shape index (κ2) is 11.9. The first-order valence-corrected chi connectivity index (χ1v) is 10.9. The van der Waals surface area contributed by atoms with Crippen molar-refractivity contribution in [2.75, 3.05) is 26.7 Å². The molecule has 26 heavy (non-hydrogen) atoms. The molecule has 1 heterocycles. The Balaban J connectivity index is 0.00000117. The van der Waals surface area contributed by atoms with E-state index in [0.29, 0.717) is 18.1 Å². The molecule has 0 amide bonds. The van der Waals surface area contributed by atoms with E-state index in [0.717, 1.165) is 45.5 Å². The summed E-state index contributed by atoms with van der Waals surface area (Å²) in [6, 6.07) is 11.4. The van der Waals surface area contributed by atoms with Crippen molar-refractivity contribution in [3.8, 4) is 0 Å². The molecule has 1 aliphatic carbocycles. The molecule has 1 fully saturated rings. The van der Waals surface area contributed by atoms with Gasteiger partial charge in [0.15, 0.2) is 0 Å². The zero-order valence-corrected chi connectivity index (χ0v) is 18.2. The lowest BCUT2D eigenvalue weighted by molar-refractivity contribution is -0.00595. The van der Waals surface area contributed by atoms with Crippen molar-refractivity contribution in [3.63, 3.8) is 0 Å². The van der Waals surface area contributed by atoms with Crippen LogP contribution in [-0.2, 0) is 11.3 Å². The first-order valence-electron chi connectivity index (χ1n) is 10.1. The zero-order chi connectivity index (χ0) is 18.8. The first-order chi connectivity index (χ1) is 12.7. The molecule has 146 valence electrons. The highest BCUT2D eigenvalue weighted by atomic mass is 79.9. The van der Waals surface area contributed by atoms with Crippen molar-refractivity contribution in [1.82, 2.24) is 10.2 Å². The van der Waals surface area contributed by atoms with Gasteiger partial charge >= 0.3 is 0 Å². The van der Waals surface area contributed by atoms with E-state index < -0.39 is 0 Å². The molecule has 3 unspecified atom stereocenters. The molecule has 0 bridgehead atoms. The summed E-state index contributed by atoms with van der Waals surface area (Å²) in [6.45, 7) is 8.20. The van der Waals surface area contributed by atoms with Crippen LogP contribution in [0.15, 0.2) is 40.9 Å². The van der Waals surface area contributed by atoms with Crippen LogP contribution in [-0.4, -0.2) is 43.8 Å². The number of benzene rings is 1. The van der Waals surface area contributed by atoms with Crippen LogP contribution in [0.5, 0.6) is 0 Å². The van der Waals surface area contributed by atoms with E-state index >= 15 is 0 Å². The van der Waals surface area contributed by atoms with E-state index in [-0.39, 0.29) is 0 Å². The largest absolute Gasteiger partial charge is 0.377 e. The third-order valence-corrected chi connectivity index (χ3v) is 6.01. The van der Waals surface area contributed by atoms with E-state index in [1.165, 1.54) is 16.5 Å². The summed E-state index contributed by atoms with van der Waals surface area (Å²) in [7, 11) is 2.09. The highest BCUT2D eigenvalue weighted by Gasteiger charge is 2.29. The number of halogens is 1. The number of hydrogen-bond acceptors (Lipinski definition) is 3. The number of ether oxygens (including phenoxy) is 1. The van der Waals surface area contributed by atoms with Crippen molar-refractivity contribution in [2.45, 2.75) is 58.2 Å². The fourth-order valence-corrected chi connectivity index (χ4v) is 4.25. The van der Waals surface area contributed by atoms with E-state index in [1.54, 1.807) is 0 Å². The van der Waals surface area contributed by atoms with E-state index in [1.807, 2.05) is 13.8 Å². The smallest absolute Gasteiger partial charge is 0.0613 e. The van der Waals surface area contributed by atoms with Gasteiger partial charge in [0.2, 0.25) is 0 Å². The molecule has 4 heteroatoms. The average Bonchev–Trinajstić information content (AvgIpc) is 2.70. The van der Waals surface area contributed by atoms with E-state index in [2.05, 4.69) is 69.6 Å². The van der Waals surface area contributed by atoms with Crippen molar-refractivity contribution in [1.29, 1.82) is 0 Å². The Morgan fingerprint density at radius 1 is 1.19 bits per heavy atom. The molecule has 1 aromatic rings. The molecule has 0 spiro atoms. The van der Waals surface area contributed by atoms with Gasteiger partial charge in [-0.25, -0.2) is 0 Å². The Bertz CT molecular complexity index is 534. The molecule has 0 radical (unpaired) electrons. The standard InChI is InChI=1S/C20H29BrN2O.C2H6/c1-22-20-11-12-23(13-16-5-3-2-4-6-16)14-17(20)15-24-19-9-7-18(21)8-10-19;1-2/h2-7,17,19-20,22H,8-15H2,1H3;1-2H3. The molecule has 0 saturated carbocycles. The predicted molar refractivity (Wildman–Crippen MR) is 115 cm³/mol. The van der Waals surface area contributed by atoms with Gasteiger partial charge < -0.3 is 10.1 Å². The Morgan fingerprint density at radius 2 is 1.96 bits per heavy atom. The third-order valence-electron chi connectivity index (χ3n) is 5.29. The molecule has 1 N–H and O–H groups in total. The minimum absolute atomic E-state index is 0.397. The molecule has 3 nitrogen and oxygen atoms in total. The second-order valence-electron chi connectivity index (χ2n) is 7.05. The molecule has 1 saturated heterocycles. The number of piperidine rings is 1. The fraction of sp³-hybridized carbons (Fsp3) is 0.636. The fourth-order valence-electron chi connectivity index (χ4n) is 3.83. The molecule has 1 aliphatic heterocycles. The molecular weight excluding hydrogens is 388 g/mol. The van der Waals surface area contributed by atoms with Crippen molar-refractivity contribution in [3.05, 3.63) is 46.5 Å². The van der Waals surface area contributed by atoms with Gasteiger partial charge in [-0.1, -0.05) is 66.2 Å². The Kier molecular flexibility index (Phi) is 9.91. The summed E-state index contributed by atoms with van der Waals surface area (Å²) in [5, 5.41) is 3.51. The van der Waals surface area contributed by atoms with E-state index in [9.17, 15) is 0 Å². The number of likely N-dealkylation sites (tertiary alicyclic amines) is 1. The molecular formula is C22H35BrN2O. The zero-order valence-electron chi connectivity index (χ0n) is 16.6. The monoisotopic (exact) mass is 422 g/mol. The molecule has 3 rings (SSSR count). The number of hydrogen-bond donors (Lipinski definition) is 1. The Morgan fingerprint density at radius 3 is 2.62 bits per heavy atom. The van der Waals surface area contributed by atoms with Gasteiger partial charge in [-0.05, 0) is 49.3 Å². The minimum Gasteiger partial charge on any atom is -0.377 e. The van der Waals surface area contributed by atoms with Gasteiger partial charge in [-0.3, -0.25) is 4.90 Å². The lowest BCUT2D eigenvalue weighted by Gasteiger charge is -2.39. The normalized spacial score (nSPS) is 26.6. The maximum absolute atomic E-state index is 6.27. The number of nitrogens with one attached hydrogen (secondary N) is 1. The lowest BCUT2D eigenvalue weighted by Crippen LogP contribution is -2.50. The van der Waals surface area contributed by atoms with Gasteiger partial charge in [-0.2, -0.15) is 0 Å². The van der Waals surface area contributed by atoms with Crippen LogP contribution in [0, 0.1) is 5.92 Å². The summed E-state index contributed by atoms with van der Waals surface area (Å²) >= 11 is 3.59. The summed E-state index contributed by atoms with van der Waals surface area (Å²) in [5.74, 6) is 0.571. The SMILES string of the molecule is CC.CNC1CCN(Cc2ccccc2)CC1COC1CC=C(Br)CC1. The first kappa shape index (κ1) is 21.6. The number of nitrogens with zero attached hydrogens (tertiary/aromatic N) is 1. The van der Waals surface area contributed by atoms with Crippen molar-refractivity contribution in [2.24, 2.45) is 5.92 Å². The quantitative estimate of drug-likeness (QED) is 0.699. The topological polar surface area (TPSA) is 24.5 Å². The Labute approximate surface area is 168 Å². The van der Waals surface area contributed by atoms with Crippen LogP contribution >= 0.6 is 15.9 Å². The van der Waals surface area contributed by atoms with Crippen LogP contribution in [0.3, 0.4) is 0 Å². The summed E-state index contributed by atoms with van der Waals surface area (Å²) in [6.07, 6.45) is 7.17. The highest BCUT2D eigenvalue weighted by molar-refractivity contribution is 9.11. The summed E-state index contributed by atoms with van der Waals surface area (Å²) in [4.78, 5) is 2.58. The molecule has 3 atom stereocenters. The lowest BCUT2D eigenvalue weighted by atomic mass is 9.92. The Hall–Kier alpha value is -0.680. The maximum atomic E-state index is 6.27. The number of rotatable bonds is 6. The second-order valence-corrected chi connectivity index (χ2v) is 8.06. The molecule has 1 aromatic carbocycles. The van der Waals surface area contributed by atoms with E-state index in [4.69, 9.17) is 4.74 Å². The third kappa shape index (κ3) is 6.80. The van der Waals surface area contributed by atoms with Gasteiger partial charge in [-0.15, -0.1) is 0 Å². The number of allylic oxidation sites excluding steroid dienone is 1. The average molecular weight is 423 g/mol. The van der Waals surface area contributed by atoms with Gasteiger partial charge in [0.05, 0.1) is 12.7 Å². The van der Waals surface area contributed by atoms with Gasteiger partial charge in [0.1, 0.15) is 0 Å². The minimum atomic E-state index is 0.397. The highest BCUT2D eigenvalue weighted by Crippen LogP contribution is 2.26. The summed E-state index contributed by atoms with van der Waals surface area (Å²) in [5.41, 5.74) is 1.40. The predicted octanol–water partition coefficient (Wildman–Crippen LogP) is 4.97. The van der Waals surface area contributed by atoms with Crippen LogP contribution in [0.1, 0.15) is 45.1 Å². The van der Waals surface area contributed by atoms with Gasteiger partial charge in [0.25, 0.3) is 0 Å². The summed E-state index contributed by atoms with van der Waals surface area (Å²) < 4.78 is 7.60. The van der Waals surface area contributed by atoms with Crippen molar-refractivity contribution < 1.29 is 4.74 Å². The molecule has 0 aromatic heterocycles. The van der Waals surface area contributed by atoms with Gasteiger partial charge in [0, 0.05) is 25.0 Å².